The van der Waals surface area contributed by atoms with Gasteiger partial charge >= 0.3 is 5.97 Å². The highest BCUT2D eigenvalue weighted by Crippen LogP contribution is 2.53. The first-order chi connectivity index (χ1) is 18.5. The maximum Gasteiger partial charge on any atom is 0.340 e. The van der Waals surface area contributed by atoms with Gasteiger partial charge in [0.05, 0.1) is 5.56 Å². The normalized spacial score (nSPS) is 16.5. The van der Waals surface area contributed by atoms with E-state index in [1.54, 1.807) is 0 Å². The van der Waals surface area contributed by atoms with Gasteiger partial charge in [-0.2, -0.15) is 0 Å². The van der Waals surface area contributed by atoms with E-state index in [0.29, 0.717) is 5.56 Å². The first-order valence-corrected chi connectivity index (χ1v) is 14.0. The highest BCUT2D eigenvalue weighted by atomic mass is 16.6. The molecule has 4 aromatic rings. The van der Waals surface area contributed by atoms with Crippen molar-refractivity contribution in [3.8, 4) is 0 Å². The van der Waals surface area contributed by atoms with Crippen LogP contribution in [0, 0.1) is 6.92 Å². The zero-order chi connectivity index (χ0) is 27.0. The summed E-state index contributed by atoms with van der Waals surface area (Å²) in [5.74, 6) is -0.272. The van der Waals surface area contributed by atoms with E-state index in [4.69, 9.17) is 4.74 Å². The minimum atomic E-state index is -1.06. The lowest BCUT2D eigenvalue weighted by atomic mass is 9.77. The second kappa shape index (κ2) is 10.2. The van der Waals surface area contributed by atoms with Gasteiger partial charge in [-0.3, -0.25) is 0 Å². The van der Waals surface area contributed by atoms with Gasteiger partial charge in [-0.25, -0.2) is 4.79 Å². The highest BCUT2D eigenvalue weighted by molar-refractivity contribution is 5.99. The number of fused-ring (bicyclic) bond motifs is 2. The van der Waals surface area contributed by atoms with Gasteiger partial charge in [0.2, 0.25) is 0 Å². The van der Waals surface area contributed by atoms with Crippen LogP contribution in [-0.2, 0) is 16.9 Å². The van der Waals surface area contributed by atoms with E-state index in [0.717, 1.165) is 71.7 Å². The Hall–Kier alpha value is -3.73. The number of hydrogen-bond donors (Lipinski definition) is 0. The first kappa shape index (κ1) is 25.9. The van der Waals surface area contributed by atoms with Crippen molar-refractivity contribution in [2.45, 2.75) is 53.7 Å². The maximum absolute atomic E-state index is 13.6. The van der Waals surface area contributed by atoms with E-state index in [2.05, 4.69) is 104 Å². The number of aryl methyl sites for hydroxylation is 1. The smallest absolute Gasteiger partial charge is 0.340 e. The summed E-state index contributed by atoms with van der Waals surface area (Å²) in [6.45, 7) is 17.5. The van der Waals surface area contributed by atoms with Crippen LogP contribution >= 0.6 is 0 Å². The van der Waals surface area contributed by atoms with Gasteiger partial charge in [-0.15, -0.1) is 0 Å². The number of hydrogen-bond acceptors (Lipinski definition) is 4. The summed E-state index contributed by atoms with van der Waals surface area (Å²) < 4.78 is 9.01. The molecule has 5 nitrogen and oxygen atoms in total. The minimum Gasteiger partial charge on any atom is -0.440 e. The van der Waals surface area contributed by atoms with Crippen LogP contribution in [0.3, 0.4) is 0 Å². The number of para-hydroxylation sites is 1. The molecule has 5 rings (SSSR count). The summed E-state index contributed by atoms with van der Waals surface area (Å²) in [5.41, 5.74) is 7.13. The van der Waals surface area contributed by atoms with Gasteiger partial charge in [0, 0.05) is 77.4 Å². The van der Waals surface area contributed by atoms with E-state index in [1.807, 2.05) is 18.2 Å². The molecule has 1 aromatic heterocycles. The van der Waals surface area contributed by atoms with Crippen LogP contribution in [0.2, 0.25) is 0 Å². The number of anilines is 2. The Morgan fingerprint density at radius 3 is 2.13 bits per heavy atom. The Balaban J connectivity index is 1.94. The zero-order valence-electron chi connectivity index (χ0n) is 23.5. The van der Waals surface area contributed by atoms with Gasteiger partial charge < -0.3 is 19.1 Å². The Kier molecular flexibility index (Phi) is 6.95. The summed E-state index contributed by atoms with van der Waals surface area (Å²) in [5, 5.41) is 1.12. The van der Waals surface area contributed by atoms with Crippen LogP contribution in [0.4, 0.5) is 11.4 Å². The third kappa shape index (κ3) is 3.71. The maximum atomic E-state index is 13.6. The molecule has 0 amide bonds. The lowest BCUT2D eigenvalue weighted by Gasteiger charge is -2.36. The molecule has 2 heterocycles. The molecule has 0 saturated heterocycles. The summed E-state index contributed by atoms with van der Waals surface area (Å²) in [7, 11) is 0. The molecular weight excluding hydrogens is 470 g/mol. The minimum absolute atomic E-state index is 0.272. The van der Waals surface area contributed by atoms with Crippen LogP contribution < -0.4 is 9.80 Å². The van der Waals surface area contributed by atoms with E-state index in [1.165, 1.54) is 5.69 Å². The van der Waals surface area contributed by atoms with Crippen LogP contribution in [-0.4, -0.2) is 36.7 Å². The largest absolute Gasteiger partial charge is 0.440 e. The third-order valence-corrected chi connectivity index (χ3v) is 8.26. The molecule has 0 fully saturated rings. The van der Waals surface area contributed by atoms with Gasteiger partial charge in [0.15, 0.2) is 5.60 Å². The molecule has 1 atom stereocenters. The van der Waals surface area contributed by atoms with Crippen molar-refractivity contribution in [2.75, 3.05) is 36.0 Å². The number of nitrogens with zero attached hydrogens (tertiary/aromatic N) is 3. The van der Waals surface area contributed by atoms with Crippen molar-refractivity contribution in [3.63, 3.8) is 0 Å². The standard InChI is InChI=1S/C33H39N3O2/c1-7-34(8-2)24-20-21-28(30(22-24)35(9-3)10-4)33(27-18-14-12-16-25(27)32(37)38-33)31-23(6)36(11-5)29-19-15-13-17-26(29)31/h12-22H,7-11H2,1-6H3. The van der Waals surface area contributed by atoms with Crippen molar-refractivity contribution in [2.24, 2.45) is 0 Å². The Morgan fingerprint density at radius 2 is 1.45 bits per heavy atom. The Bertz CT molecular complexity index is 1480. The molecule has 5 heteroatoms. The number of esters is 1. The predicted molar refractivity (Wildman–Crippen MR) is 158 cm³/mol. The van der Waals surface area contributed by atoms with Crippen molar-refractivity contribution in [1.29, 1.82) is 0 Å². The average Bonchev–Trinajstić information content (AvgIpc) is 3.41. The molecule has 0 saturated carbocycles. The molecule has 0 bridgehead atoms. The van der Waals surface area contributed by atoms with Crippen LogP contribution in [0.25, 0.3) is 10.9 Å². The van der Waals surface area contributed by atoms with Gasteiger partial charge in [0.25, 0.3) is 0 Å². The molecule has 1 unspecified atom stereocenters. The lowest BCUT2D eigenvalue weighted by molar-refractivity contribution is 0.0255. The summed E-state index contributed by atoms with van der Waals surface area (Å²) in [6.07, 6.45) is 0. The van der Waals surface area contributed by atoms with Crippen molar-refractivity contribution < 1.29 is 9.53 Å². The van der Waals surface area contributed by atoms with Crippen molar-refractivity contribution >= 4 is 28.2 Å². The van der Waals surface area contributed by atoms with E-state index in [9.17, 15) is 4.79 Å². The molecular formula is C33H39N3O2. The molecule has 0 N–H and O–H groups in total. The van der Waals surface area contributed by atoms with Crippen LogP contribution in [0.1, 0.15) is 67.4 Å². The van der Waals surface area contributed by atoms with E-state index < -0.39 is 5.60 Å². The topological polar surface area (TPSA) is 37.7 Å². The highest BCUT2D eigenvalue weighted by Gasteiger charge is 2.52. The first-order valence-electron chi connectivity index (χ1n) is 14.0. The fourth-order valence-corrected chi connectivity index (χ4v) is 6.45. The summed E-state index contributed by atoms with van der Waals surface area (Å²) >= 11 is 0. The Labute approximate surface area is 226 Å². The van der Waals surface area contributed by atoms with Crippen molar-refractivity contribution in [1.82, 2.24) is 4.57 Å². The molecule has 3 aromatic carbocycles. The molecule has 38 heavy (non-hydrogen) atoms. The van der Waals surface area contributed by atoms with Crippen molar-refractivity contribution in [3.05, 3.63) is 94.7 Å². The van der Waals surface area contributed by atoms with Gasteiger partial charge in [-0.1, -0.05) is 42.5 Å². The molecule has 0 aliphatic carbocycles. The summed E-state index contributed by atoms with van der Waals surface area (Å²) in [6, 6.07) is 23.1. The number of carbonyl (C=O) groups excluding carboxylic acids is 1. The third-order valence-electron chi connectivity index (χ3n) is 8.26. The molecule has 0 radical (unpaired) electrons. The number of benzene rings is 3. The number of ether oxygens (including phenoxy) is 1. The Morgan fingerprint density at radius 1 is 0.789 bits per heavy atom. The quantitative estimate of drug-likeness (QED) is 0.225. The monoisotopic (exact) mass is 509 g/mol. The van der Waals surface area contributed by atoms with Gasteiger partial charge in [-0.05, 0) is 65.8 Å². The fraction of sp³-hybridized carbons (Fsp3) is 0.364. The molecule has 1 aliphatic rings. The average molecular weight is 510 g/mol. The zero-order valence-corrected chi connectivity index (χ0v) is 23.5. The molecule has 1 aliphatic heterocycles. The van der Waals surface area contributed by atoms with E-state index in [-0.39, 0.29) is 5.97 Å². The van der Waals surface area contributed by atoms with Gasteiger partial charge in [0.1, 0.15) is 0 Å². The summed E-state index contributed by atoms with van der Waals surface area (Å²) in [4.78, 5) is 18.3. The van der Waals surface area contributed by atoms with Crippen LogP contribution in [0.5, 0.6) is 0 Å². The fourth-order valence-electron chi connectivity index (χ4n) is 6.45. The SMILES string of the molecule is CCN(CC)c1ccc(C2(c3c(C)n(CC)c4ccccc34)OC(=O)c3ccccc32)c(N(CC)CC)c1. The molecule has 0 spiro atoms. The van der Waals surface area contributed by atoms with Crippen LogP contribution in [0.15, 0.2) is 66.7 Å². The number of cyclic esters (lactones) is 1. The number of aromatic nitrogens is 1. The second-order valence-electron chi connectivity index (χ2n) is 9.88. The second-order valence-corrected chi connectivity index (χ2v) is 9.88. The molecule has 198 valence electrons. The lowest BCUT2D eigenvalue weighted by Crippen LogP contribution is -2.34. The van der Waals surface area contributed by atoms with E-state index >= 15 is 0 Å². The number of carbonyl (C=O) groups is 1. The number of rotatable bonds is 9. The predicted octanol–water partition coefficient (Wildman–Crippen LogP) is 7.12.